The molecule has 0 saturated carbocycles. The zero-order chi connectivity index (χ0) is 29.8. The maximum absolute atomic E-state index is 14.8. The van der Waals surface area contributed by atoms with Crippen molar-refractivity contribution in [2.24, 2.45) is 4.99 Å². The van der Waals surface area contributed by atoms with Crippen LogP contribution in [0.3, 0.4) is 0 Å². The van der Waals surface area contributed by atoms with Gasteiger partial charge in [-0.2, -0.15) is 12.1 Å². The normalized spacial score (nSPS) is 11.2. The Bertz CT molecular complexity index is 1440. The summed E-state index contributed by atoms with van der Waals surface area (Å²) in [5, 5.41) is 12.2. The Labute approximate surface area is 275 Å². The van der Waals surface area contributed by atoms with E-state index in [1.165, 1.54) is 29.4 Å². The van der Waals surface area contributed by atoms with Crippen LogP contribution in [-0.4, -0.2) is 58.8 Å². The Hall–Kier alpha value is -3.61. The monoisotopic (exact) mass is 570 g/mol. The second kappa shape index (κ2) is 18.1. The zero-order valence-corrected chi connectivity index (χ0v) is 24.9. The van der Waals surface area contributed by atoms with Crippen molar-refractivity contribution in [2.45, 2.75) is 26.4 Å². The fraction of sp³-hybridized carbons (Fsp3) is 0.233. The number of carbonyl (C=O) groups is 1. The van der Waals surface area contributed by atoms with Gasteiger partial charge in [-0.3, -0.25) is 18.0 Å². The number of amides is 1. The molecule has 43 heavy (non-hydrogen) atoms. The summed E-state index contributed by atoms with van der Waals surface area (Å²) in [6.45, 7) is 15.3. The molecule has 0 unspecified atom stereocenters. The average molecular weight is 570 g/mol. The van der Waals surface area contributed by atoms with Crippen LogP contribution >= 0.6 is 0 Å². The topological polar surface area (TPSA) is 120 Å². The first-order chi connectivity index (χ1) is 19.6. The predicted molar refractivity (Wildman–Crippen MR) is 155 cm³/mol. The Morgan fingerprint density at radius 2 is 2.09 bits per heavy atom. The molecule has 0 aliphatic rings. The van der Waals surface area contributed by atoms with Crippen LogP contribution in [-0.2, 0) is 4.74 Å². The predicted octanol–water partition coefficient (Wildman–Crippen LogP) is -0.228. The second-order valence-corrected chi connectivity index (χ2v) is 9.27. The number of rotatable bonds is 13. The van der Waals surface area contributed by atoms with Gasteiger partial charge >= 0.3 is 43.8 Å². The molecule has 3 aromatic rings. The first kappa shape index (κ1) is 37.4. The van der Waals surface area contributed by atoms with Gasteiger partial charge < -0.3 is 41.8 Å². The minimum Gasteiger partial charge on any atom is -0.577 e. The molecule has 0 aliphatic carbocycles. The van der Waals surface area contributed by atoms with Crippen LogP contribution in [0.15, 0.2) is 59.6 Å². The number of ether oxygens (including phenoxy) is 3. The molecule has 3 rings (SSSR count). The minimum atomic E-state index is -0.677. The van der Waals surface area contributed by atoms with Gasteiger partial charge in [-0.1, -0.05) is 0 Å². The van der Waals surface area contributed by atoms with Crippen molar-refractivity contribution in [1.29, 1.82) is 0 Å². The van der Waals surface area contributed by atoms with E-state index in [0.717, 1.165) is 6.08 Å². The third kappa shape index (κ3) is 11.5. The van der Waals surface area contributed by atoms with Gasteiger partial charge in [-0.15, -0.1) is 31.3 Å². The number of fused-ring (bicyclic) bond motifs is 1. The minimum absolute atomic E-state index is 0. The summed E-state index contributed by atoms with van der Waals surface area (Å²) in [7, 11) is 0. The molecule has 0 atom stereocenters. The van der Waals surface area contributed by atoms with Crippen molar-refractivity contribution in [3.8, 4) is 11.5 Å². The Balaban J connectivity index is 0.00000462. The van der Waals surface area contributed by atoms with Crippen LogP contribution in [0.4, 0.5) is 20.7 Å². The standard InChI is InChI=1S/C30H29FN6O4.2Li/c1-6-22(14-15-33-19-32)40-25-13-12-21(18-23(25)31)36-28-27-24(34-20-35-28)10-8-11-26(27)39-17-9-16-37(7-2)29(38)41-30(3,4)5;;/h1,6,8-10,12-14,18-20H,2,7,16-17H2,3-5H3,(H,34,35,36);;/q-6;2*+1/b22-14+;;. The fourth-order valence-corrected chi connectivity index (χ4v) is 3.33. The molecule has 10 nitrogen and oxygen atoms in total. The third-order valence-electron chi connectivity index (χ3n) is 5.10. The van der Waals surface area contributed by atoms with E-state index in [-0.39, 0.29) is 68.9 Å². The van der Waals surface area contributed by atoms with Crippen LogP contribution in [0.1, 0.15) is 20.8 Å². The summed E-state index contributed by atoms with van der Waals surface area (Å²) in [6, 6.07) is 10.7. The largest absolute Gasteiger partial charge is 1.00 e. The molecular weight excluding hydrogens is 541 g/mol. The van der Waals surface area contributed by atoms with E-state index >= 15 is 0 Å². The summed E-state index contributed by atoms with van der Waals surface area (Å²) < 4.78 is 31.6. The van der Waals surface area contributed by atoms with Crippen molar-refractivity contribution in [3.63, 3.8) is 0 Å². The van der Waals surface area contributed by atoms with Gasteiger partial charge in [0.15, 0.2) is 5.82 Å². The van der Waals surface area contributed by atoms with E-state index in [1.807, 2.05) is 0 Å². The van der Waals surface area contributed by atoms with Gasteiger partial charge in [0.05, 0.1) is 5.82 Å². The third-order valence-corrected chi connectivity index (χ3v) is 5.10. The van der Waals surface area contributed by atoms with Crippen LogP contribution < -0.4 is 52.5 Å². The first-order valence-electron chi connectivity index (χ1n) is 12.4. The van der Waals surface area contributed by atoms with Crippen LogP contribution in [0.25, 0.3) is 16.3 Å². The van der Waals surface area contributed by atoms with Crippen molar-refractivity contribution in [1.82, 2.24) is 14.9 Å². The average Bonchev–Trinajstić information content (AvgIpc) is 2.93. The number of benzene rings is 2. The summed E-state index contributed by atoms with van der Waals surface area (Å²) in [5.41, 5.74) is 0.343. The second-order valence-electron chi connectivity index (χ2n) is 9.27. The molecule has 1 amide bonds. The van der Waals surface area contributed by atoms with E-state index in [0.29, 0.717) is 34.5 Å². The number of allylic oxidation sites excluding steroid dienone is 2. The number of halogens is 1. The van der Waals surface area contributed by atoms with E-state index in [4.69, 9.17) is 26.2 Å². The molecule has 0 aliphatic heterocycles. The van der Waals surface area contributed by atoms with E-state index in [1.54, 1.807) is 45.4 Å². The van der Waals surface area contributed by atoms with E-state index < -0.39 is 17.5 Å². The maximum Gasteiger partial charge on any atom is 1.00 e. The summed E-state index contributed by atoms with van der Waals surface area (Å²) in [4.78, 5) is 25.7. The smallest absolute Gasteiger partial charge is 0.577 e. The number of aliphatic imine (C=N–C) groups is 1. The molecule has 0 radical (unpaired) electrons. The number of hydrogen-bond acceptors (Lipinski definition) is 7. The maximum atomic E-state index is 14.8. The molecule has 0 spiro atoms. The molecular formula is C30H29FLi2N6O4-4. The van der Waals surface area contributed by atoms with Gasteiger partial charge in [0.2, 0.25) is 0 Å². The Morgan fingerprint density at radius 3 is 2.74 bits per heavy atom. The quantitative estimate of drug-likeness (QED) is 0.0574. The van der Waals surface area contributed by atoms with Gasteiger partial charge in [-0.05, 0) is 50.4 Å². The molecule has 216 valence electrons. The number of hydrogen-bond donors (Lipinski definition) is 1. The zero-order valence-electron chi connectivity index (χ0n) is 24.9. The van der Waals surface area contributed by atoms with Crippen molar-refractivity contribution in [3.05, 3.63) is 91.8 Å². The number of carbonyl (C=O) groups excluding carboxylic acids is 1. The molecule has 0 saturated heterocycles. The van der Waals surface area contributed by atoms with Crippen LogP contribution in [0.5, 0.6) is 11.5 Å². The SMILES string of the molecule is [CH-]=C/C(=C\[C-]=NC=[N-])Oc1ccc(Nc2ncnc3cc[c-]c(OC[CH-]CN(C[CH2-])C(=O)OC(C)(C)C)c23)cc1F.[Li+].[Li+]. The number of anilines is 2. The Kier molecular flexibility index (Phi) is 15.8. The molecule has 1 N–H and O–H groups in total. The molecule has 2 aromatic carbocycles. The number of nitrogens with zero attached hydrogens (tertiary/aromatic N) is 5. The van der Waals surface area contributed by atoms with Crippen LogP contribution in [0.2, 0.25) is 0 Å². The van der Waals surface area contributed by atoms with Gasteiger partial charge in [0.25, 0.3) is 0 Å². The van der Waals surface area contributed by atoms with Crippen molar-refractivity contribution in [2.75, 3.05) is 25.0 Å². The van der Waals surface area contributed by atoms with Gasteiger partial charge in [0, 0.05) is 23.3 Å². The molecule has 0 fully saturated rings. The van der Waals surface area contributed by atoms with Crippen molar-refractivity contribution < 1.29 is 61.1 Å². The van der Waals surface area contributed by atoms with E-state index in [9.17, 15) is 9.18 Å². The Morgan fingerprint density at radius 1 is 1.33 bits per heavy atom. The number of aromatic nitrogens is 2. The summed E-state index contributed by atoms with van der Waals surface area (Å²) in [5.74, 6) is 0.0263. The van der Waals surface area contributed by atoms with Crippen molar-refractivity contribution >= 4 is 41.1 Å². The fourth-order valence-electron chi connectivity index (χ4n) is 3.33. The van der Waals surface area contributed by atoms with Crippen LogP contribution in [0, 0.1) is 31.8 Å². The summed E-state index contributed by atoms with van der Waals surface area (Å²) >= 11 is 0. The van der Waals surface area contributed by atoms with Gasteiger partial charge in [0.1, 0.15) is 17.7 Å². The first-order valence-corrected chi connectivity index (χ1v) is 12.4. The summed E-state index contributed by atoms with van der Waals surface area (Å²) in [6.07, 6.45) is 7.90. The molecule has 0 bridgehead atoms. The van der Waals surface area contributed by atoms with Gasteiger partial charge in [-0.25, -0.2) is 26.7 Å². The number of nitrogens with one attached hydrogen (secondary N) is 1. The molecule has 1 aromatic heterocycles. The van der Waals surface area contributed by atoms with E-state index in [2.05, 4.69) is 39.5 Å². The molecule has 1 heterocycles. The molecule has 13 heteroatoms.